The van der Waals surface area contributed by atoms with Crippen LogP contribution in [0, 0.1) is 0 Å². The fraction of sp³-hybridized carbons (Fsp3) is 0.0556. The first-order valence-electron chi connectivity index (χ1n) is 7.37. The topological polar surface area (TPSA) is 43.1 Å². The van der Waals surface area contributed by atoms with Gasteiger partial charge in [-0.1, -0.05) is 78.1 Å². The smallest absolute Gasteiger partial charge is 0.187 e. The Kier molecular flexibility index (Phi) is 3.70. The SMILES string of the molecule is C(=C\c1nn2c(Cc3ccccc3)nnc2s1)/c1ccccc1. The summed E-state index contributed by atoms with van der Waals surface area (Å²) in [5, 5.41) is 14.0. The van der Waals surface area contributed by atoms with Gasteiger partial charge in [-0.15, -0.1) is 10.2 Å². The summed E-state index contributed by atoms with van der Waals surface area (Å²) in [6.45, 7) is 0. The van der Waals surface area contributed by atoms with Gasteiger partial charge in [-0.25, -0.2) is 0 Å². The second-order valence-electron chi connectivity index (χ2n) is 5.16. The third-order valence-corrected chi connectivity index (χ3v) is 4.36. The zero-order chi connectivity index (χ0) is 15.5. The van der Waals surface area contributed by atoms with Crippen LogP contribution in [0.15, 0.2) is 60.7 Å². The Bertz CT molecular complexity index is 939. The molecule has 0 spiro atoms. The van der Waals surface area contributed by atoms with Crippen LogP contribution in [0.1, 0.15) is 22.0 Å². The van der Waals surface area contributed by atoms with Gasteiger partial charge >= 0.3 is 0 Å². The Morgan fingerprint density at radius 2 is 1.61 bits per heavy atom. The maximum Gasteiger partial charge on any atom is 0.234 e. The van der Waals surface area contributed by atoms with Crippen molar-refractivity contribution in [3.05, 3.63) is 82.6 Å². The third kappa shape index (κ3) is 3.05. The van der Waals surface area contributed by atoms with Crippen molar-refractivity contribution in [1.82, 2.24) is 19.8 Å². The van der Waals surface area contributed by atoms with Crippen LogP contribution in [0.3, 0.4) is 0 Å². The van der Waals surface area contributed by atoms with Crippen LogP contribution in [0.2, 0.25) is 0 Å². The fourth-order valence-corrected chi connectivity index (χ4v) is 3.12. The molecule has 0 bridgehead atoms. The maximum absolute atomic E-state index is 4.61. The average Bonchev–Trinajstić information content (AvgIpc) is 3.17. The number of nitrogens with zero attached hydrogens (tertiary/aromatic N) is 4. The van der Waals surface area contributed by atoms with Crippen LogP contribution in [0.5, 0.6) is 0 Å². The quantitative estimate of drug-likeness (QED) is 0.572. The van der Waals surface area contributed by atoms with Crippen molar-refractivity contribution in [3.63, 3.8) is 0 Å². The first kappa shape index (κ1) is 13.8. The van der Waals surface area contributed by atoms with Crippen molar-refractivity contribution < 1.29 is 0 Å². The highest BCUT2D eigenvalue weighted by Crippen LogP contribution is 2.18. The predicted octanol–water partition coefficient (Wildman–Crippen LogP) is 3.95. The Labute approximate surface area is 137 Å². The van der Waals surface area contributed by atoms with Crippen LogP contribution in [-0.4, -0.2) is 19.8 Å². The van der Waals surface area contributed by atoms with Crippen molar-refractivity contribution >= 4 is 28.4 Å². The lowest BCUT2D eigenvalue weighted by Gasteiger charge is -1.96. The average molecular weight is 318 g/mol. The molecule has 4 rings (SSSR count). The van der Waals surface area contributed by atoms with Crippen molar-refractivity contribution in [2.45, 2.75) is 6.42 Å². The molecule has 0 aliphatic heterocycles. The first-order valence-corrected chi connectivity index (χ1v) is 8.18. The summed E-state index contributed by atoms with van der Waals surface area (Å²) in [4.78, 5) is 0.823. The highest BCUT2D eigenvalue weighted by Gasteiger charge is 2.10. The molecule has 0 unspecified atom stereocenters. The van der Waals surface area contributed by atoms with Gasteiger partial charge in [0.25, 0.3) is 0 Å². The number of rotatable bonds is 4. The number of fused-ring (bicyclic) bond motifs is 1. The minimum Gasteiger partial charge on any atom is -0.187 e. The molecular weight excluding hydrogens is 304 g/mol. The van der Waals surface area contributed by atoms with Crippen LogP contribution < -0.4 is 0 Å². The zero-order valence-corrected chi connectivity index (χ0v) is 13.1. The molecule has 2 aromatic carbocycles. The Hall–Kier alpha value is -2.79. The van der Waals surface area contributed by atoms with Gasteiger partial charge in [0, 0.05) is 6.42 Å². The van der Waals surface area contributed by atoms with Gasteiger partial charge in [0.05, 0.1) is 0 Å². The molecule has 4 aromatic rings. The summed E-state index contributed by atoms with van der Waals surface area (Å²) in [6, 6.07) is 20.4. The molecule has 0 aliphatic carbocycles. The maximum atomic E-state index is 4.61. The van der Waals surface area contributed by atoms with Gasteiger partial charge in [0.15, 0.2) is 5.82 Å². The molecular formula is C18H14N4S. The van der Waals surface area contributed by atoms with Gasteiger partial charge in [-0.2, -0.15) is 9.61 Å². The summed E-state index contributed by atoms with van der Waals surface area (Å²) in [7, 11) is 0. The molecule has 0 radical (unpaired) electrons. The minimum atomic E-state index is 0.730. The van der Waals surface area contributed by atoms with Gasteiger partial charge in [-0.05, 0) is 17.2 Å². The van der Waals surface area contributed by atoms with Crippen molar-refractivity contribution in [3.8, 4) is 0 Å². The number of hydrogen-bond acceptors (Lipinski definition) is 4. The highest BCUT2D eigenvalue weighted by atomic mass is 32.1. The number of benzene rings is 2. The Morgan fingerprint density at radius 1 is 0.870 bits per heavy atom. The molecule has 0 atom stereocenters. The fourth-order valence-electron chi connectivity index (χ4n) is 2.36. The summed E-state index contributed by atoms with van der Waals surface area (Å²) in [5.41, 5.74) is 2.36. The number of aromatic nitrogens is 4. The molecule has 5 heteroatoms. The van der Waals surface area contributed by atoms with E-state index in [2.05, 4.69) is 45.6 Å². The monoisotopic (exact) mass is 318 g/mol. The molecule has 0 N–H and O–H groups in total. The van der Waals surface area contributed by atoms with Gasteiger partial charge in [0.2, 0.25) is 4.96 Å². The van der Waals surface area contributed by atoms with Gasteiger partial charge < -0.3 is 0 Å². The normalized spacial score (nSPS) is 11.5. The van der Waals surface area contributed by atoms with E-state index in [1.54, 1.807) is 0 Å². The largest absolute Gasteiger partial charge is 0.234 e. The molecule has 0 aliphatic rings. The molecule has 2 aromatic heterocycles. The first-order chi connectivity index (χ1) is 11.4. The van der Waals surface area contributed by atoms with E-state index in [1.807, 2.05) is 47.0 Å². The van der Waals surface area contributed by atoms with Crippen LogP contribution in [0.4, 0.5) is 0 Å². The second kappa shape index (κ2) is 6.14. The summed E-state index contributed by atoms with van der Waals surface area (Å²) in [6.07, 6.45) is 4.80. The van der Waals surface area contributed by atoms with Gasteiger partial charge in [0.1, 0.15) is 5.01 Å². The Balaban J connectivity index is 1.60. The molecule has 4 nitrogen and oxygen atoms in total. The van der Waals surface area contributed by atoms with Crippen LogP contribution in [0.25, 0.3) is 17.1 Å². The van der Waals surface area contributed by atoms with Crippen LogP contribution >= 0.6 is 11.3 Å². The second-order valence-corrected chi connectivity index (χ2v) is 6.14. The lowest BCUT2D eigenvalue weighted by atomic mass is 10.1. The molecule has 112 valence electrons. The van der Waals surface area contributed by atoms with Crippen molar-refractivity contribution in [2.75, 3.05) is 0 Å². The van der Waals surface area contributed by atoms with E-state index in [0.29, 0.717) is 0 Å². The van der Waals surface area contributed by atoms with E-state index in [4.69, 9.17) is 0 Å². The molecule has 0 saturated carbocycles. The Morgan fingerprint density at radius 3 is 2.39 bits per heavy atom. The standard InChI is InChI=1S/C18H14N4S/c1-3-7-14(8-4-1)11-12-17-21-22-16(19-20-18(22)23-17)13-15-9-5-2-6-10-15/h1-12H,13H2/b12-11+. The van der Waals surface area contributed by atoms with E-state index >= 15 is 0 Å². The molecule has 0 amide bonds. The van der Waals surface area contributed by atoms with Crippen molar-refractivity contribution in [1.29, 1.82) is 0 Å². The van der Waals surface area contributed by atoms with E-state index in [0.717, 1.165) is 27.8 Å². The van der Waals surface area contributed by atoms with Gasteiger partial charge in [-0.3, -0.25) is 0 Å². The van der Waals surface area contributed by atoms with E-state index < -0.39 is 0 Å². The lowest BCUT2D eigenvalue weighted by molar-refractivity contribution is 0.848. The predicted molar refractivity (Wildman–Crippen MR) is 93.3 cm³/mol. The minimum absolute atomic E-state index is 0.730. The van der Waals surface area contributed by atoms with E-state index in [-0.39, 0.29) is 0 Å². The molecule has 0 saturated heterocycles. The van der Waals surface area contributed by atoms with E-state index in [1.165, 1.54) is 16.9 Å². The molecule has 23 heavy (non-hydrogen) atoms. The summed E-state index contributed by atoms with van der Waals surface area (Å²) >= 11 is 1.54. The molecule has 2 heterocycles. The summed E-state index contributed by atoms with van der Waals surface area (Å²) < 4.78 is 1.84. The summed E-state index contributed by atoms with van der Waals surface area (Å²) in [5.74, 6) is 0.863. The van der Waals surface area contributed by atoms with Crippen LogP contribution in [-0.2, 0) is 6.42 Å². The third-order valence-electron chi connectivity index (χ3n) is 3.49. The van der Waals surface area contributed by atoms with E-state index in [9.17, 15) is 0 Å². The highest BCUT2D eigenvalue weighted by molar-refractivity contribution is 7.17. The zero-order valence-electron chi connectivity index (χ0n) is 12.3. The lowest BCUT2D eigenvalue weighted by Crippen LogP contribution is -1.97. The van der Waals surface area contributed by atoms with Crippen molar-refractivity contribution in [2.24, 2.45) is 0 Å². The molecule has 0 fully saturated rings. The number of hydrogen-bond donors (Lipinski definition) is 0.